The third kappa shape index (κ3) is 5.22. The predicted octanol–water partition coefficient (Wildman–Crippen LogP) is 6.09. The molecule has 1 amide bonds. The zero-order valence-electron chi connectivity index (χ0n) is 20.8. The average Bonchev–Trinajstić information content (AvgIpc) is 3.63. The van der Waals surface area contributed by atoms with E-state index in [1.165, 1.54) is 10.9 Å². The average molecular weight is 486 g/mol. The molecule has 0 saturated carbocycles. The Kier molecular flexibility index (Phi) is 7.95. The summed E-state index contributed by atoms with van der Waals surface area (Å²) in [5.41, 5.74) is 2.91. The molecule has 0 spiro atoms. The SMILES string of the molecule is CCOC(=O)c1ccc(N(C(=O)n2ccnc2)c2ccc(C(C(CC)CC)n3ccnc3)cc2)cc1. The Balaban J connectivity index is 1.71. The lowest BCUT2D eigenvalue weighted by atomic mass is 9.88. The van der Waals surface area contributed by atoms with Gasteiger partial charge < -0.3 is 9.30 Å². The Morgan fingerprint density at radius 3 is 2.00 bits per heavy atom. The first kappa shape index (κ1) is 24.9. The van der Waals surface area contributed by atoms with Crippen LogP contribution in [-0.4, -0.2) is 37.7 Å². The van der Waals surface area contributed by atoms with Gasteiger partial charge in [0.2, 0.25) is 0 Å². The summed E-state index contributed by atoms with van der Waals surface area (Å²) in [6.45, 7) is 6.48. The van der Waals surface area contributed by atoms with E-state index in [0.717, 1.165) is 18.4 Å². The molecule has 0 N–H and O–H groups in total. The molecule has 8 nitrogen and oxygen atoms in total. The van der Waals surface area contributed by atoms with E-state index in [9.17, 15) is 9.59 Å². The van der Waals surface area contributed by atoms with Crippen LogP contribution in [0.15, 0.2) is 86.0 Å². The number of imidazole rings is 2. The second-order valence-corrected chi connectivity index (χ2v) is 8.48. The van der Waals surface area contributed by atoms with Gasteiger partial charge in [-0.2, -0.15) is 0 Å². The van der Waals surface area contributed by atoms with Crippen molar-refractivity contribution in [1.82, 2.24) is 19.1 Å². The fourth-order valence-corrected chi connectivity index (χ4v) is 4.50. The number of hydrogen-bond donors (Lipinski definition) is 0. The summed E-state index contributed by atoms with van der Waals surface area (Å²) < 4.78 is 8.66. The molecule has 0 fully saturated rings. The number of ether oxygens (including phenoxy) is 1. The molecular formula is C28H31N5O3. The van der Waals surface area contributed by atoms with Gasteiger partial charge in [-0.25, -0.2) is 19.6 Å². The highest BCUT2D eigenvalue weighted by Crippen LogP contribution is 2.34. The number of carbonyl (C=O) groups is 2. The highest BCUT2D eigenvalue weighted by atomic mass is 16.5. The molecule has 0 aliphatic heterocycles. The third-order valence-corrected chi connectivity index (χ3v) is 6.39. The first-order chi connectivity index (χ1) is 17.6. The first-order valence-corrected chi connectivity index (χ1v) is 12.2. The number of esters is 1. The van der Waals surface area contributed by atoms with Gasteiger partial charge in [0.25, 0.3) is 0 Å². The van der Waals surface area contributed by atoms with Gasteiger partial charge in [0.1, 0.15) is 6.33 Å². The van der Waals surface area contributed by atoms with Crippen molar-refractivity contribution in [3.05, 3.63) is 97.1 Å². The fraction of sp³-hybridized carbons (Fsp3) is 0.286. The minimum atomic E-state index is -0.396. The molecule has 2 aromatic carbocycles. The van der Waals surface area contributed by atoms with E-state index >= 15 is 0 Å². The molecule has 4 rings (SSSR count). The number of aromatic nitrogens is 4. The molecule has 186 valence electrons. The van der Waals surface area contributed by atoms with E-state index in [-0.39, 0.29) is 12.1 Å². The normalized spacial score (nSPS) is 11.9. The summed E-state index contributed by atoms with van der Waals surface area (Å²) in [7, 11) is 0. The number of benzene rings is 2. The van der Waals surface area contributed by atoms with E-state index in [1.807, 2.05) is 24.7 Å². The molecule has 0 aliphatic rings. The fourth-order valence-electron chi connectivity index (χ4n) is 4.50. The molecule has 2 heterocycles. The third-order valence-electron chi connectivity index (χ3n) is 6.39. The van der Waals surface area contributed by atoms with Gasteiger partial charge in [-0.3, -0.25) is 9.47 Å². The maximum absolute atomic E-state index is 13.5. The Morgan fingerprint density at radius 1 is 0.861 bits per heavy atom. The van der Waals surface area contributed by atoms with Gasteiger partial charge in [0, 0.05) is 24.8 Å². The largest absolute Gasteiger partial charge is 0.462 e. The quantitative estimate of drug-likeness (QED) is 0.268. The van der Waals surface area contributed by atoms with E-state index in [0.29, 0.717) is 29.5 Å². The van der Waals surface area contributed by atoms with Gasteiger partial charge >= 0.3 is 12.0 Å². The monoisotopic (exact) mass is 485 g/mol. The first-order valence-electron chi connectivity index (χ1n) is 12.2. The maximum atomic E-state index is 13.5. The molecule has 1 atom stereocenters. The summed E-state index contributed by atoms with van der Waals surface area (Å²) in [6.07, 6.45) is 12.4. The van der Waals surface area contributed by atoms with Gasteiger partial charge in [-0.05, 0) is 54.8 Å². The van der Waals surface area contributed by atoms with Gasteiger partial charge in [-0.1, -0.05) is 38.8 Å². The zero-order valence-corrected chi connectivity index (χ0v) is 20.8. The van der Waals surface area contributed by atoms with E-state index < -0.39 is 5.97 Å². The lowest BCUT2D eigenvalue weighted by molar-refractivity contribution is 0.0526. The maximum Gasteiger partial charge on any atom is 0.338 e. The highest BCUT2D eigenvalue weighted by molar-refractivity contribution is 6.01. The number of amides is 1. The molecule has 0 bridgehead atoms. The molecule has 1 unspecified atom stereocenters. The minimum absolute atomic E-state index is 0.151. The second-order valence-electron chi connectivity index (χ2n) is 8.48. The summed E-state index contributed by atoms with van der Waals surface area (Å²) in [5, 5.41) is 0. The smallest absolute Gasteiger partial charge is 0.338 e. The van der Waals surface area contributed by atoms with Crippen LogP contribution < -0.4 is 4.90 Å². The molecule has 4 aromatic rings. The van der Waals surface area contributed by atoms with E-state index in [2.05, 4.69) is 40.5 Å². The summed E-state index contributed by atoms with van der Waals surface area (Å²) in [5.74, 6) is 0.0528. The van der Waals surface area contributed by atoms with Gasteiger partial charge in [-0.15, -0.1) is 0 Å². The van der Waals surface area contributed by atoms with Crippen molar-refractivity contribution < 1.29 is 14.3 Å². The summed E-state index contributed by atoms with van der Waals surface area (Å²) in [6, 6.07) is 14.7. The molecule has 0 radical (unpaired) electrons. The van der Waals surface area contributed by atoms with Crippen LogP contribution in [0.5, 0.6) is 0 Å². The Hall–Kier alpha value is -4.20. The van der Waals surface area contributed by atoms with Gasteiger partial charge in [0.15, 0.2) is 0 Å². The lowest BCUT2D eigenvalue weighted by Crippen LogP contribution is -2.30. The van der Waals surface area contributed by atoms with Crippen molar-refractivity contribution in [3.63, 3.8) is 0 Å². The van der Waals surface area contributed by atoms with E-state index in [4.69, 9.17) is 4.74 Å². The number of rotatable bonds is 9. The van der Waals surface area contributed by atoms with Crippen LogP contribution in [0, 0.1) is 5.92 Å². The van der Waals surface area contributed by atoms with Crippen LogP contribution in [0.4, 0.5) is 16.2 Å². The number of carbonyl (C=O) groups excluding carboxylic acids is 2. The Morgan fingerprint density at radius 2 is 1.47 bits per heavy atom. The molecule has 8 heteroatoms. The second kappa shape index (κ2) is 11.5. The standard InChI is InChI=1S/C28H31N5O3/c1-4-21(5-2)26(31-17-15-29-19-31)22-7-11-24(12-8-22)33(28(35)32-18-16-30-20-32)25-13-9-23(10-14-25)27(34)36-6-3/h7-21,26H,4-6H2,1-3H3. The van der Waals surface area contributed by atoms with Crippen LogP contribution in [0.2, 0.25) is 0 Å². The van der Waals surface area contributed by atoms with Crippen LogP contribution in [0.1, 0.15) is 55.6 Å². The predicted molar refractivity (Wildman–Crippen MR) is 138 cm³/mol. The Labute approximate surface area is 211 Å². The topological polar surface area (TPSA) is 82.3 Å². The van der Waals surface area contributed by atoms with Crippen molar-refractivity contribution >= 4 is 23.4 Å². The lowest BCUT2D eigenvalue weighted by Gasteiger charge is -2.28. The summed E-state index contributed by atoms with van der Waals surface area (Å²) >= 11 is 0. The molecule has 0 aliphatic carbocycles. The van der Waals surface area contributed by atoms with Crippen LogP contribution in [0.3, 0.4) is 0 Å². The molecule has 2 aromatic heterocycles. The van der Waals surface area contributed by atoms with E-state index in [1.54, 1.807) is 54.7 Å². The van der Waals surface area contributed by atoms with Crippen LogP contribution >= 0.6 is 0 Å². The molecule has 36 heavy (non-hydrogen) atoms. The number of anilines is 2. The molecular weight excluding hydrogens is 454 g/mol. The van der Waals surface area contributed by atoms with Crippen molar-refractivity contribution in [2.24, 2.45) is 5.92 Å². The van der Waals surface area contributed by atoms with Crippen LogP contribution in [-0.2, 0) is 4.74 Å². The number of nitrogens with zero attached hydrogens (tertiary/aromatic N) is 5. The van der Waals surface area contributed by atoms with Gasteiger partial charge in [0.05, 0.1) is 35.9 Å². The zero-order chi connectivity index (χ0) is 25.5. The number of hydrogen-bond acceptors (Lipinski definition) is 5. The highest BCUT2D eigenvalue weighted by Gasteiger charge is 2.24. The van der Waals surface area contributed by atoms with Crippen molar-refractivity contribution in [3.8, 4) is 0 Å². The molecule has 0 saturated heterocycles. The van der Waals surface area contributed by atoms with Crippen molar-refractivity contribution in [1.29, 1.82) is 0 Å². The minimum Gasteiger partial charge on any atom is -0.462 e. The summed E-state index contributed by atoms with van der Waals surface area (Å²) in [4.78, 5) is 35.5. The van der Waals surface area contributed by atoms with Crippen molar-refractivity contribution in [2.45, 2.75) is 39.7 Å². The van der Waals surface area contributed by atoms with Crippen LogP contribution in [0.25, 0.3) is 0 Å². The Bertz CT molecular complexity index is 1250. The van der Waals surface area contributed by atoms with Crippen molar-refractivity contribution in [2.75, 3.05) is 11.5 Å².